The minimum absolute atomic E-state index is 0.128. The van der Waals surface area contributed by atoms with E-state index in [1.807, 2.05) is 30.3 Å². The molecule has 1 spiro atoms. The molecular formula is C17H22ClNO5S. The second-order valence-electron chi connectivity index (χ2n) is 6.80. The van der Waals surface area contributed by atoms with Crippen LogP contribution in [0.5, 0.6) is 0 Å². The summed E-state index contributed by atoms with van der Waals surface area (Å²) >= 11 is 0. The van der Waals surface area contributed by atoms with E-state index in [0.717, 1.165) is 18.4 Å². The highest BCUT2D eigenvalue weighted by Gasteiger charge is 2.50. The van der Waals surface area contributed by atoms with Gasteiger partial charge in [-0.15, -0.1) is 0 Å². The van der Waals surface area contributed by atoms with Crippen molar-refractivity contribution < 1.29 is 22.7 Å². The van der Waals surface area contributed by atoms with Gasteiger partial charge in [0, 0.05) is 37.0 Å². The lowest BCUT2D eigenvalue weighted by Gasteiger charge is -2.37. The molecule has 6 nitrogen and oxygen atoms in total. The topological polar surface area (TPSA) is 72.9 Å². The molecule has 2 fully saturated rings. The van der Waals surface area contributed by atoms with E-state index in [1.165, 1.54) is 0 Å². The molecule has 2 saturated heterocycles. The first-order valence-corrected chi connectivity index (χ1v) is 10.8. The Balaban J connectivity index is 1.67. The van der Waals surface area contributed by atoms with E-state index in [4.69, 9.17) is 20.2 Å². The zero-order valence-corrected chi connectivity index (χ0v) is 15.5. The minimum Gasteiger partial charge on any atom is -0.445 e. The lowest BCUT2D eigenvalue weighted by Crippen LogP contribution is -2.39. The summed E-state index contributed by atoms with van der Waals surface area (Å²) in [5, 5.41) is 0. The SMILES string of the molecule is O=C(OCc1ccccc1)N1CC(CS(=O)(=O)Cl)C2(CCOCC2)C1. The second-order valence-corrected chi connectivity index (χ2v) is 9.62. The van der Waals surface area contributed by atoms with Gasteiger partial charge in [-0.25, -0.2) is 13.2 Å². The summed E-state index contributed by atoms with van der Waals surface area (Å²) in [6.45, 7) is 2.18. The maximum atomic E-state index is 12.4. The van der Waals surface area contributed by atoms with Gasteiger partial charge >= 0.3 is 6.09 Å². The van der Waals surface area contributed by atoms with Crippen LogP contribution < -0.4 is 0 Å². The molecule has 0 aromatic heterocycles. The molecule has 0 N–H and O–H groups in total. The zero-order valence-electron chi connectivity index (χ0n) is 13.9. The number of benzene rings is 1. The fourth-order valence-electron chi connectivity index (χ4n) is 3.80. The van der Waals surface area contributed by atoms with Gasteiger partial charge in [-0.3, -0.25) is 0 Å². The summed E-state index contributed by atoms with van der Waals surface area (Å²) in [7, 11) is 1.86. The monoisotopic (exact) mass is 387 g/mol. The van der Waals surface area contributed by atoms with Crippen LogP contribution in [-0.4, -0.2) is 51.5 Å². The first-order valence-electron chi connectivity index (χ1n) is 8.34. The van der Waals surface area contributed by atoms with Crippen molar-refractivity contribution in [2.75, 3.05) is 32.1 Å². The van der Waals surface area contributed by atoms with Crippen LogP contribution in [-0.2, 0) is 25.1 Å². The van der Waals surface area contributed by atoms with Crippen molar-refractivity contribution in [3.8, 4) is 0 Å². The molecule has 0 saturated carbocycles. The average molecular weight is 388 g/mol. The summed E-state index contributed by atoms with van der Waals surface area (Å²) in [6, 6.07) is 9.45. The molecule has 2 heterocycles. The lowest BCUT2D eigenvalue weighted by atomic mass is 9.73. The fraction of sp³-hybridized carbons (Fsp3) is 0.588. The fourth-order valence-corrected chi connectivity index (χ4v) is 5.19. The lowest BCUT2D eigenvalue weighted by molar-refractivity contribution is 0.00303. The van der Waals surface area contributed by atoms with Crippen LogP contribution in [0.25, 0.3) is 0 Å². The molecule has 2 aliphatic rings. The molecule has 1 aromatic carbocycles. The molecule has 0 aliphatic carbocycles. The predicted molar refractivity (Wildman–Crippen MR) is 93.8 cm³/mol. The van der Waals surface area contributed by atoms with E-state index < -0.39 is 15.1 Å². The number of hydrogen-bond donors (Lipinski definition) is 0. The standard InChI is InChI=1S/C17H22ClNO5S/c18-25(21,22)12-15-10-19(13-17(15)6-8-23-9-7-17)16(20)24-11-14-4-2-1-3-5-14/h1-5,15H,6-13H2. The smallest absolute Gasteiger partial charge is 0.410 e. The Labute approximate surface area is 152 Å². The van der Waals surface area contributed by atoms with Crippen molar-refractivity contribution in [2.24, 2.45) is 11.3 Å². The third-order valence-corrected chi connectivity index (χ3v) is 6.34. The normalized spacial score (nSPS) is 22.9. The summed E-state index contributed by atoms with van der Waals surface area (Å²) < 4.78 is 34.0. The van der Waals surface area contributed by atoms with Crippen molar-refractivity contribution in [3.05, 3.63) is 35.9 Å². The van der Waals surface area contributed by atoms with E-state index in [0.29, 0.717) is 26.3 Å². The number of rotatable bonds is 4. The van der Waals surface area contributed by atoms with Crippen LogP contribution in [0.3, 0.4) is 0 Å². The van der Waals surface area contributed by atoms with E-state index >= 15 is 0 Å². The van der Waals surface area contributed by atoms with Crippen LogP contribution in [0.2, 0.25) is 0 Å². The number of hydrogen-bond acceptors (Lipinski definition) is 5. The number of ether oxygens (including phenoxy) is 2. The Morgan fingerprint density at radius 3 is 2.60 bits per heavy atom. The number of carbonyl (C=O) groups excluding carboxylic acids is 1. The molecule has 1 amide bonds. The summed E-state index contributed by atoms with van der Waals surface area (Å²) in [6.07, 6.45) is 1.04. The van der Waals surface area contributed by atoms with E-state index in [-0.39, 0.29) is 23.7 Å². The highest BCUT2D eigenvalue weighted by atomic mass is 35.7. The largest absolute Gasteiger partial charge is 0.445 e. The van der Waals surface area contributed by atoms with Gasteiger partial charge in [-0.1, -0.05) is 30.3 Å². The summed E-state index contributed by atoms with van der Waals surface area (Å²) in [5.74, 6) is -0.319. The molecule has 0 radical (unpaired) electrons. The van der Waals surface area contributed by atoms with Gasteiger partial charge in [0.1, 0.15) is 6.61 Å². The molecule has 3 rings (SSSR count). The molecule has 1 atom stereocenters. The second kappa shape index (κ2) is 7.51. The number of carbonyl (C=O) groups is 1. The van der Waals surface area contributed by atoms with Gasteiger partial charge in [0.05, 0.1) is 5.75 Å². The molecular weight excluding hydrogens is 366 g/mol. The first-order chi connectivity index (χ1) is 11.9. The third kappa shape index (κ3) is 4.65. The molecule has 1 unspecified atom stereocenters. The van der Waals surface area contributed by atoms with Crippen molar-refractivity contribution in [2.45, 2.75) is 19.4 Å². The maximum Gasteiger partial charge on any atom is 0.410 e. The summed E-state index contributed by atoms with van der Waals surface area (Å²) in [5.41, 5.74) is 0.655. The van der Waals surface area contributed by atoms with Crippen LogP contribution in [0.4, 0.5) is 4.79 Å². The minimum atomic E-state index is -3.63. The third-order valence-electron chi connectivity index (χ3n) is 5.16. The van der Waals surface area contributed by atoms with Gasteiger partial charge in [0.15, 0.2) is 0 Å². The number of amides is 1. The van der Waals surface area contributed by atoms with Crippen LogP contribution in [0, 0.1) is 11.3 Å². The summed E-state index contributed by atoms with van der Waals surface area (Å²) in [4.78, 5) is 14.1. The van der Waals surface area contributed by atoms with Crippen molar-refractivity contribution in [3.63, 3.8) is 0 Å². The van der Waals surface area contributed by atoms with Crippen molar-refractivity contribution in [1.82, 2.24) is 4.90 Å². The highest BCUT2D eigenvalue weighted by Crippen LogP contribution is 2.45. The number of likely N-dealkylation sites (tertiary alicyclic amines) is 1. The Hall–Kier alpha value is -1.31. The van der Waals surface area contributed by atoms with Gasteiger partial charge in [-0.05, 0) is 29.7 Å². The Morgan fingerprint density at radius 1 is 1.28 bits per heavy atom. The average Bonchev–Trinajstić information content (AvgIpc) is 2.90. The first kappa shape index (κ1) is 18.5. The van der Waals surface area contributed by atoms with Crippen LogP contribution >= 0.6 is 10.7 Å². The predicted octanol–water partition coefficient (Wildman–Crippen LogP) is 2.62. The van der Waals surface area contributed by atoms with Crippen molar-refractivity contribution in [1.29, 1.82) is 0 Å². The van der Waals surface area contributed by atoms with Gasteiger partial charge in [0.2, 0.25) is 9.05 Å². The molecule has 0 bridgehead atoms. The Bertz CT molecular complexity index is 703. The van der Waals surface area contributed by atoms with E-state index in [9.17, 15) is 13.2 Å². The van der Waals surface area contributed by atoms with Crippen LogP contribution in [0.15, 0.2) is 30.3 Å². The molecule has 1 aromatic rings. The number of halogens is 1. The Kier molecular flexibility index (Phi) is 5.55. The molecule has 25 heavy (non-hydrogen) atoms. The van der Waals surface area contributed by atoms with Gasteiger partial charge in [-0.2, -0.15) is 0 Å². The zero-order chi connectivity index (χ0) is 17.9. The molecule has 138 valence electrons. The van der Waals surface area contributed by atoms with Crippen molar-refractivity contribution >= 4 is 25.8 Å². The van der Waals surface area contributed by atoms with E-state index in [2.05, 4.69) is 0 Å². The quantitative estimate of drug-likeness (QED) is 0.742. The van der Waals surface area contributed by atoms with Gasteiger partial charge in [0.25, 0.3) is 0 Å². The van der Waals surface area contributed by atoms with Crippen LogP contribution in [0.1, 0.15) is 18.4 Å². The van der Waals surface area contributed by atoms with E-state index in [1.54, 1.807) is 4.90 Å². The maximum absolute atomic E-state index is 12.4. The molecule has 2 aliphatic heterocycles. The molecule has 8 heteroatoms. The Morgan fingerprint density at radius 2 is 1.96 bits per heavy atom. The highest BCUT2D eigenvalue weighted by molar-refractivity contribution is 8.13. The number of nitrogens with zero attached hydrogens (tertiary/aromatic N) is 1. The van der Waals surface area contributed by atoms with Gasteiger partial charge < -0.3 is 14.4 Å².